The zero-order valence-corrected chi connectivity index (χ0v) is 16.3. The van der Waals surface area contributed by atoms with E-state index in [9.17, 15) is 9.59 Å². The number of amides is 2. The number of hydrogen-bond donors (Lipinski definition) is 2. The number of rotatable bonds is 7. The molecule has 7 nitrogen and oxygen atoms in total. The minimum absolute atomic E-state index is 0.0431. The highest BCUT2D eigenvalue weighted by Gasteiger charge is 2.07. The Balaban J connectivity index is 1.45. The molecular formula is C22H22N4O3. The van der Waals surface area contributed by atoms with Crippen LogP contribution in [0.4, 0.5) is 5.82 Å². The number of aryl methyl sites for hydroxylation is 1. The first-order chi connectivity index (χ1) is 14.0. The van der Waals surface area contributed by atoms with Crippen LogP contribution in [0.1, 0.15) is 19.0 Å². The molecule has 0 atom stereocenters. The minimum Gasteiger partial charge on any atom is -0.484 e. The van der Waals surface area contributed by atoms with Gasteiger partial charge in [-0.25, -0.2) is 10.4 Å². The number of hydrogen-bond acceptors (Lipinski definition) is 5. The maximum atomic E-state index is 12.0. The molecule has 0 aliphatic rings. The van der Waals surface area contributed by atoms with Crippen molar-refractivity contribution in [1.82, 2.24) is 10.4 Å². The van der Waals surface area contributed by atoms with E-state index in [-0.39, 0.29) is 18.9 Å². The number of anilines is 1. The predicted octanol–water partition coefficient (Wildman–Crippen LogP) is 3.44. The first-order valence-electron chi connectivity index (χ1n) is 9.17. The topological polar surface area (TPSA) is 92.7 Å². The van der Waals surface area contributed by atoms with Gasteiger partial charge < -0.3 is 10.1 Å². The van der Waals surface area contributed by atoms with Crippen LogP contribution in [0.15, 0.2) is 65.8 Å². The van der Waals surface area contributed by atoms with Crippen molar-refractivity contribution in [2.45, 2.75) is 20.3 Å². The number of benzene rings is 2. The van der Waals surface area contributed by atoms with E-state index in [1.54, 1.807) is 13.0 Å². The summed E-state index contributed by atoms with van der Waals surface area (Å²) < 4.78 is 5.51. The molecule has 0 aliphatic carbocycles. The van der Waals surface area contributed by atoms with Gasteiger partial charge in [-0.1, -0.05) is 36.4 Å². The number of carbonyl (C=O) groups excluding carboxylic acids is 2. The average Bonchev–Trinajstić information content (AvgIpc) is 2.70. The summed E-state index contributed by atoms with van der Waals surface area (Å²) in [5, 5.41) is 8.77. The first-order valence-corrected chi connectivity index (χ1v) is 9.17. The van der Waals surface area contributed by atoms with Crippen LogP contribution in [0.5, 0.6) is 5.75 Å². The van der Waals surface area contributed by atoms with Crippen LogP contribution in [0.25, 0.3) is 10.8 Å². The van der Waals surface area contributed by atoms with Gasteiger partial charge in [0.25, 0.3) is 5.91 Å². The molecule has 2 N–H and O–H groups in total. The number of pyridine rings is 1. The summed E-state index contributed by atoms with van der Waals surface area (Å²) in [5.74, 6) is 0.421. The van der Waals surface area contributed by atoms with Crippen LogP contribution in [0.2, 0.25) is 0 Å². The van der Waals surface area contributed by atoms with Crippen molar-refractivity contribution < 1.29 is 14.3 Å². The smallest absolute Gasteiger partial charge is 0.277 e. The van der Waals surface area contributed by atoms with Crippen molar-refractivity contribution >= 4 is 34.1 Å². The van der Waals surface area contributed by atoms with Gasteiger partial charge >= 0.3 is 0 Å². The highest BCUT2D eigenvalue weighted by molar-refractivity contribution is 6.05. The molecule has 148 valence electrons. The maximum absolute atomic E-state index is 12.0. The van der Waals surface area contributed by atoms with Gasteiger partial charge in [-0.05, 0) is 48.9 Å². The largest absolute Gasteiger partial charge is 0.484 e. The molecule has 3 rings (SSSR count). The number of ether oxygens (including phenoxy) is 1. The van der Waals surface area contributed by atoms with E-state index >= 15 is 0 Å². The lowest BCUT2D eigenvalue weighted by molar-refractivity contribution is -0.123. The molecule has 0 fully saturated rings. The van der Waals surface area contributed by atoms with Gasteiger partial charge in [-0.15, -0.1) is 0 Å². The third-order valence-electron chi connectivity index (χ3n) is 4.03. The molecule has 1 aromatic heterocycles. The van der Waals surface area contributed by atoms with Crippen LogP contribution < -0.4 is 15.5 Å². The number of nitrogens with one attached hydrogen (secondary N) is 2. The van der Waals surface area contributed by atoms with Crippen LogP contribution >= 0.6 is 0 Å². The van der Waals surface area contributed by atoms with Crippen molar-refractivity contribution in [3.05, 3.63) is 66.4 Å². The molecule has 0 bridgehead atoms. The molecule has 0 aliphatic heterocycles. The Hall–Kier alpha value is -3.74. The van der Waals surface area contributed by atoms with Crippen LogP contribution in [-0.2, 0) is 9.59 Å². The SMILES string of the molecule is CC(CC(=O)Nc1cccc(C)n1)=NNC(=O)COc1ccc2ccccc2c1. The van der Waals surface area contributed by atoms with Gasteiger partial charge in [0.1, 0.15) is 11.6 Å². The standard InChI is InChI=1S/C22H22N4O3/c1-15-6-5-9-20(23-15)24-21(27)12-16(2)25-26-22(28)14-29-19-11-10-17-7-3-4-8-18(17)13-19/h3-11,13H,12,14H2,1-2H3,(H,26,28)(H,23,24,27). The molecule has 29 heavy (non-hydrogen) atoms. The van der Waals surface area contributed by atoms with E-state index in [1.807, 2.05) is 61.5 Å². The molecule has 1 heterocycles. The van der Waals surface area contributed by atoms with E-state index in [0.29, 0.717) is 17.3 Å². The van der Waals surface area contributed by atoms with Gasteiger partial charge in [0.05, 0.1) is 6.42 Å². The second kappa shape index (κ2) is 9.45. The number of fused-ring (bicyclic) bond motifs is 1. The Morgan fingerprint density at radius 1 is 1.00 bits per heavy atom. The second-order valence-electron chi connectivity index (χ2n) is 6.57. The van der Waals surface area contributed by atoms with E-state index in [0.717, 1.165) is 16.5 Å². The number of nitrogens with zero attached hydrogens (tertiary/aromatic N) is 2. The van der Waals surface area contributed by atoms with E-state index in [4.69, 9.17) is 4.74 Å². The molecule has 0 saturated carbocycles. The summed E-state index contributed by atoms with van der Waals surface area (Å²) in [5.41, 5.74) is 3.68. The number of carbonyl (C=O) groups is 2. The normalized spacial score (nSPS) is 11.2. The zero-order chi connectivity index (χ0) is 20.6. The third kappa shape index (κ3) is 6.14. The summed E-state index contributed by atoms with van der Waals surface area (Å²) in [6, 6.07) is 18.9. The van der Waals surface area contributed by atoms with Gasteiger partial charge in [0.15, 0.2) is 6.61 Å². The second-order valence-corrected chi connectivity index (χ2v) is 6.57. The molecular weight excluding hydrogens is 368 g/mol. The Morgan fingerprint density at radius 2 is 1.79 bits per heavy atom. The lowest BCUT2D eigenvalue weighted by Gasteiger charge is -2.07. The monoisotopic (exact) mass is 390 g/mol. The summed E-state index contributed by atoms with van der Waals surface area (Å²) >= 11 is 0. The first kappa shape index (κ1) is 20.0. The lowest BCUT2D eigenvalue weighted by atomic mass is 10.1. The fourth-order valence-electron chi connectivity index (χ4n) is 2.67. The van der Waals surface area contributed by atoms with Gasteiger partial charge in [0, 0.05) is 11.4 Å². The Kier molecular flexibility index (Phi) is 6.52. The van der Waals surface area contributed by atoms with E-state index in [2.05, 4.69) is 20.8 Å². The molecule has 0 saturated heterocycles. The van der Waals surface area contributed by atoms with Crippen molar-refractivity contribution in [3.63, 3.8) is 0 Å². The summed E-state index contributed by atoms with van der Waals surface area (Å²) in [7, 11) is 0. The van der Waals surface area contributed by atoms with Crippen LogP contribution in [-0.4, -0.2) is 29.1 Å². The summed E-state index contributed by atoms with van der Waals surface area (Å²) in [6.07, 6.45) is 0.0431. The van der Waals surface area contributed by atoms with Crippen molar-refractivity contribution in [3.8, 4) is 5.75 Å². The highest BCUT2D eigenvalue weighted by Crippen LogP contribution is 2.20. The van der Waals surface area contributed by atoms with Crippen molar-refractivity contribution in [2.24, 2.45) is 5.10 Å². The van der Waals surface area contributed by atoms with Gasteiger partial charge in [-0.2, -0.15) is 5.10 Å². The third-order valence-corrected chi connectivity index (χ3v) is 4.03. The molecule has 2 aromatic carbocycles. The van der Waals surface area contributed by atoms with Crippen molar-refractivity contribution in [1.29, 1.82) is 0 Å². The average molecular weight is 390 g/mol. The Labute approximate surface area is 168 Å². The minimum atomic E-state index is -0.404. The Morgan fingerprint density at radius 3 is 2.59 bits per heavy atom. The fraction of sp³-hybridized carbons (Fsp3) is 0.182. The number of hydrazone groups is 1. The van der Waals surface area contributed by atoms with Crippen LogP contribution in [0.3, 0.4) is 0 Å². The van der Waals surface area contributed by atoms with Crippen molar-refractivity contribution in [2.75, 3.05) is 11.9 Å². The highest BCUT2D eigenvalue weighted by atomic mass is 16.5. The summed E-state index contributed by atoms with van der Waals surface area (Å²) in [6.45, 7) is 3.33. The molecule has 7 heteroatoms. The zero-order valence-electron chi connectivity index (χ0n) is 16.3. The molecule has 2 amide bonds. The fourth-order valence-corrected chi connectivity index (χ4v) is 2.67. The summed E-state index contributed by atoms with van der Waals surface area (Å²) in [4.78, 5) is 28.2. The molecule has 0 unspecified atom stereocenters. The van der Waals surface area contributed by atoms with E-state index in [1.165, 1.54) is 0 Å². The van der Waals surface area contributed by atoms with Crippen LogP contribution in [0, 0.1) is 6.92 Å². The maximum Gasteiger partial charge on any atom is 0.277 e. The quantitative estimate of drug-likeness (QED) is 0.477. The lowest BCUT2D eigenvalue weighted by Crippen LogP contribution is -2.26. The molecule has 0 spiro atoms. The van der Waals surface area contributed by atoms with Gasteiger partial charge in [-0.3, -0.25) is 9.59 Å². The Bertz CT molecular complexity index is 1060. The molecule has 0 radical (unpaired) electrons. The van der Waals surface area contributed by atoms with Gasteiger partial charge in [0.2, 0.25) is 5.91 Å². The molecule has 3 aromatic rings. The van der Waals surface area contributed by atoms with E-state index < -0.39 is 5.91 Å². The predicted molar refractivity (Wildman–Crippen MR) is 113 cm³/mol. The number of aromatic nitrogens is 1.